The van der Waals surface area contributed by atoms with Gasteiger partial charge in [-0.25, -0.2) is 0 Å². The number of nitrogens with zero attached hydrogens (tertiary/aromatic N) is 1. The van der Waals surface area contributed by atoms with Crippen molar-refractivity contribution in [2.75, 3.05) is 32.9 Å². The van der Waals surface area contributed by atoms with E-state index < -0.39 is 12.0 Å². The van der Waals surface area contributed by atoms with Crippen LogP contribution in [0.15, 0.2) is 24.3 Å². The Bertz CT molecular complexity index is 478. The van der Waals surface area contributed by atoms with Crippen molar-refractivity contribution in [3.63, 3.8) is 0 Å². The summed E-state index contributed by atoms with van der Waals surface area (Å²) in [5, 5.41) is 9.86. The minimum Gasteiger partial charge on any atom is -0.494 e. The molecule has 1 fully saturated rings. The summed E-state index contributed by atoms with van der Waals surface area (Å²) in [7, 11) is 0. The molecule has 0 spiro atoms. The number of hydrogen-bond donors (Lipinski definition) is 2. The third-order valence-corrected chi connectivity index (χ3v) is 3.89. The number of benzene rings is 1. The maximum Gasteiger partial charge on any atom is 0.248 e. The Morgan fingerprint density at radius 2 is 2.14 bits per heavy atom. The van der Waals surface area contributed by atoms with Crippen LogP contribution in [0.25, 0.3) is 0 Å². The fourth-order valence-corrected chi connectivity index (χ4v) is 2.61. The van der Waals surface area contributed by atoms with Gasteiger partial charge in [0.25, 0.3) is 0 Å². The van der Waals surface area contributed by atoms with Crippen LogP contribution in [0.3, 0.4) is 0 Å². The first kappa shape index (κ1) is 16.7. The predicted octanol–water partition coefficient (Wildman–Crippen LogP) is 0.636. The molecule has 0 saturated carbocycles. The van der Waals surface area contributed by atoms with Crippen LogP contribution >= 0.6 is 0 Å². The van der Waals surface area contributed by atoms with E-state index in [-0.39, 0.29) is 6.04 Å². The molecule has 1 aliphatic rings. The molecule has 1 amide bonds. The van der Waals surface area contributed by atoms with Crippen molar-refractivity contribution in [2.45, 2.75) is 25.5 Å². The molecule has 2 atom stereocenters. The largest absolute Gasteiger partial charge is 0.494 e. The highest BCUT2D eigenvalue weighted by molar-refractivity contribution is 5.92. The number of hydrogen-bond acceptors (Lipinski definition) is 5. The molecule has 0 aromatic heterocycles. The highest BCUT2D eigenvalue weighted by Crippen LogP contribution is 2.15. The van der Waals surface area contributed by atoms with E-state index in [1.807, 2.05) is 0 Å². The molecule has 1 aliphatic heterocycles. The molecule has 6 heteroatoms. The molecule has 122 valence electrons. The van der Waals surface area contributed by atoms with Crippen LogP contribution in [0.4, 0.5) is 0 Å². The van der Waals surface area contributed by atoms with Gasteiger partial charge in [-0.05, 0) is 37.2 Å². The highest BCUT2D eigenvalue weighted by atomic mass is 16.5. The average Bonchev–Trinajstić information content (AvgIpc) is 2.94. The summed E-state index contributed by atoms with van der Waals surface area (Å²) in [6.45, 7) is 5.39. The first-order chi connectivity index (χ1) is 10.6. The first-order valence-corrected chi connectivity index (χ1v) is 7.64. The summed E-state index contributed by atoms with van der Waals surface area (Å²) in [6.07, 6.45) is 0.455. The van der Waals surface area contributed by atoms with Crippen LogP contribution in [0.1, 0.15) is 23.7 Å². The molecule has 3 N–H and O–H groups in total. The molecule has 0 aliphatic carbocycles. The van der Waals surface area contributed by atoms with E-state index in [0.29, 0.717) is 25.4 Å². The van der Waals surface area contributed by atoms with Gasteiger partial charge in [-0.15, -0.1) is 0 Å². The number of nitrogens with two attached hydrogens (primary N) is 1. The topological polar surface area (TPSA) is 85.0 Å². The highest BCUT2D eigenvalue weighted by Gasteiger charge is 2.30. The maximum absolute atomic E-state index is 11.0. The Labute approximate surface area is 130 Å². The van der Waals surface area contributed by atoms with Gasteiger partial charge < -0.3 is 20.3 Å². The zero-order chi connectivity index (χ0) is 15.9. The summed E-state index contributed by atoms with van der Waals surface area (Å²) < 4.78 is 11.0. The van der Waals surface area contributed by atoms with Gasteiger partial charge in [0.05, 0.1) is 32.0 Å². The van der Waals surface area contributed by atoms with E-state index in [9.17, 15) is 9.90 Å². The lowest BCUT2D eigenvalue weighted by Gasteiger charge is -2.28. The average molecular weight is 308 g/mol. The third kappa shape index (κ3) is 4.43. The molecular weight excluding hydrogens is 284 g/mol. The molecule has 1 heterocycles. The van der Waals surface area contributed by atoms with Crippen LogP contribution in [-0.2, 0) is 4.74 Å². The van der Waals surface area contributed by atoms with Crippen molar-refractivity contribution < 1.29 is 19.4 Å². The van der Waals surface area contributed by atoms with E-state index in [1.54, 1.807) is 24.3 Å². The van der Waals surface area contributed by atoms with Crippen molar-refractivity contribution in [2.24, 2.45) is 5.73 Å². The summed E-state index contributed by atoms with van der Waals surface area (Å²) in [5.41, 5.74) is 5.66. The van der Waals surface area contributed by atoms with Crippen LogP contribution in [-0.4, -0.2) is 61.0 Å². The fraction of sp³-hybridized carbons (Fsp3) is 0.562. The number of rotatable bonds is 8. The van der Waals surface area contributed by atoms with Gasteiger partial charge >= 0.3 is 0 Å². The minimum absolute atomic E-state index is 0.0832. The number of ether oxygens (including phenoxy) is 2. The second kappa shape index (κ2) is 8.12. The third-order valence-electron chi connectivity index (χ3n) is 3.89. The standard InChI is InChI=1S/C16H24N2O4/c1-2-18(14-10-21-11-15(14)19)8-3-9-22-13-6-4-12(5-7-13)16(17)20/h4-7,14-15,19H,2-3,8-11H2,1H3,(H2,17,20). The molecule has 1 saturated heterocycles. The lowest BCUT2D eigenvalue weighted by Crippen LogP contribution is -2.43. The molecular formula is C16H24N2O4. The maximum atomic E-state index is 11.0. The number of primary amides is 1. The number of aliphatic hydroxyl groups is 1. The van der Waals surface area contributed by atoms with Crippen molar-refractivity contribution in [1.82, 2.24) is 4.90 Å². The monoisotopic (exact) mass is 308 g/mol. The zero-order valence-electron chi connectivity index (χ0n) is 12.9. The van der Waals surface area contributed by atoms with E-state index in [2.05, 4.69) is 11.8 Å². The van der Waals surface area contributed by atoms with Crippen molar-refractivity contribution in [3.8, 4) is 5.75 Å². The second-order valence-corrected chi connectivity index (χ2v) is 5.39. The molecule has 1 aromatic rings. The normalized spacial score (nSPS) is 21.2. The summed E-state index contributed by atoms with van der Waals surface area (Å²) in [5.74, 6) is 0.278. The van der Waals surface area contributed by atoms with Gasteiger partial charge in [0.2, 0.25) is 5.91 Å². The SMILES string of the molecule is CCN(CCCOc1ccc(C(N)=O)cc1)C1COCC1O. The zero-order valence-corrected chi connectivity index (χ0v) is 12.9. The number of aliphatic hydroxyl groups excluding tert-OH is 1. The van der Waals surface area contributed by atoms with Gasteiger partial charge in [0, 0.05) is 12.1 Å². The minimum atomic E-state index is -0.442. The molecule has 22 heavy (non-hydrogen) atoms. The van der Waals surface area contributed by atoms with Crippen molar-refractivity contribution in [3.05, 3.63) is 29.8 Å². The van der Waals surface area contributed by atoms with Crippen LogP contribution in [0.5, 0.6) is 5.75 Å². The Morgan fingerprint density at radius 1 is 1.41 bits per heavy atom. The molecule has 0 radical (unpaired) electrons. The predicted molar refractivity (Wildman–Crippen MR) is 82.9 cm³/mol. The Hall–Kier alpha value is -1.63. The van der Waals surface area contributed by atoms with E-state index in [4.69, 9.17) is 15.2 Å². The lowest BCUT2D eigenvalue weighted by atomic mass is 10.1. The van der Waals surface area contributed by atoms with Gasteiger partial charge in [0.1, 0.15) is 5.75 Å². The first-order valence-electron chi connectivity index (χ1n) is 7.64. The van der Waals surface area contributed by atoms with Crippen molar-refractivity contribution in [1.29, 1.82) is 0 Å². The van der Waals surface area contributed by atoms with Crippen LogP contribution < -0.4 is 10.5 Å². The van der Waals surface area contributed by atoms with E-state index >= 15 is 0 Å². The van der Waals surface area contributed by atoms with Gasteiger partial charge in [0.15, 0.2) is 0 Å². The molecule has 2 rings (SSSR count). The molecule has 2 unspecified atom stereocenters. The molecule has 6 nitrogen and oxygen atoms in total. The fourth-order valence-electron chi connectivity index (χ4n) is 2.61. The van der Waals surface area contributed by atoms with Gasteiger partial charge in [-0.2, -0.15) is 0 Å². The van der Waals surface area contributed by atoms with E-state index in [0.717, 1.165) is 25.3 Å². The van der Waals surface area contributed by atoms with Gasteiger partial charge in [-0.3, -0.25) is 9.69 Å². The van der Waals surface area contributed by atoms with Crippen LogP contribution in [0, 0.1) is 0 Å². The summed E-state index contributed by atoms with van der Waals surface area (Å²) in [6, 6.07) is 6.88. The van der Waals surface area contributed by atoms with Gasteiger partial charge in [-0.1, -0.05) is 6.92 Å². The summed E-state index contributed by atoms with van der Waals surface area (Å²) >= 11 is 0. The number of carbonyl (C=O) groups is 1. The number of amides is 1. The van der Waals surface area contributed by atoms with E-state index in [1.165, 1.54) is 0 Å². The summed E-state index contributed by atoms with van der Waals surface area (Å²) in [4.78, 5) is 13.2. The number of likely N-dealkylation sites (N-methyl/N-ethyl adjacent to an activating group) is 1. The Balaban J connectivity index is 1.72. The second-order valence-electron chi connectivity index (χ2n) is 5.39. The Morgan fingerprint density at radius 3 is 2.68 bits per heavy atom. The molecule has 0 bridgehead atoms. The smallest absolute Gasteiger partial charge is 0.248 e. The Kier molecular flexibility index (Phi) is 6.18. The molecule has 1 aromatic carbocycles. The van der Waals surface area contributed by atoms with Crippen molar-refractivity contribution >= 4 is 5.91 Å². The lowest BCUT2D eigenvalue weighted by molar-refractivity contribution is 0.0816. The van der Waals surface area contributed by atoms with Crippen LogP contribution in [0.2, 0.25) is 0 Å². The number of carbonyl (C=O) groups excluding carboxylic acids is 1. The quantitative estimate of drug-likeness (QED) is 0.688.